The normalized spacial score (nSPS) is 12.4. The lowest BCUT2D eigenvalue weighted by molar-refractivity contribution is 0.0515. The summed E-state index contributed by atoms with van der Waals surface area (Å²) >= 11 is 11.7. The van der Waals surface area contributed by atoms with Crippen LogP contribution in [0.2, 0.25) is 10.0 Å². The first-order chi connectivity index (χ1) is 8.73. The van der Waals surface area contributed by atoms with Crippen LogP contribution in [0, 0.1) is 11.3 Å². The maximum atomic E-state index is 11.6. The Morgan fingerprint density at radius 1 is 1.37 bits per heavy atom. The zero-order valence-corrected chi connectivity index (χ0v) is 12.3. The van der Waals surface area contributed by atoms with Gasteiger partial charge in [-0.3, -0.25) is 0 Å². The van der Waals surface area contributed by atoms with Crippen molar-refractivity contribution in [1.29, 1.82) is 5.26 Å². The van der Waals surface area contributed by atoms with Crippen LogP contribution < -0.4 is 5.32 Å². The number of hydrogen-bond acceptors (Lipinski definition) is 3. The highest BCUT2D eigenvalue weighted by Gasteiger charge is 2.20. The van der Waals surface area contributed by atoms with Crippen LogP contribution in [-0.2, 0) is 4.74 Å². The van der Waals surface area contributed by atoms with Crippen LogP contribution in [0.25, 0.3) is 0 Å². The van der Waals surface area contributed by atoms with Gasteiger partial charge >= 0.3 is 6.09 Å². The largest absolute Gasteiger partial charge is 0.444 e. The first-order valence-electron chi connectivity index (χ1n) is 5.57. The van der Waals surface area contributed by atoms with E-state index in [0.29, 0.717) is 15.6 Å². The Morgan fingerprint density at radius 3 is 2.47 bits per heavy atom. The molecule has 0 aliphatic rings. The van der Waals surface area contributed by atoms with E-state index in [1.54, 1.807) is 32.9 Å². The van der Waals surface area contributed by atoms with Crippen LogP contribution in [0.4, 0.5) is 4.79 Å². The zero-order chi connectivity index (χ0) is 14.6. The van der Waals surface area contributed by atoms with Gasteiger partial charge in [-0.25, -0.2) is 4.79 Å². The minimum Gasteiger partial charge on any atom is -0.444 e. The number of nitriles is 1. The molecule has 0 spiro atoms. The van der Waals surface area contributed by atoms with Gasteiger partial charge in [-0.15, -0.1) is 0 Å². The molecule has 1 aromatic carbocycles. The van der Waals surface area contributed by atoms with Gasteiger partial charge < -0.3 is 10.1 Å². The number of alkyl carbamates (subject to hydrolysis) is 1. The van der Waals surface area contributed by atoms with Crippen molar-refractivity contribution in [2.24, 2.45) is 0 Å². The highest BCUT2D eigenvalue weighted by molar-refractivity contribution is 6.42. The Kier molecular flexibility index (Phi) is 5.04. The van der Waals surface area contributed by atoms with E-state index in [4.69, 9.17) is 33.2 Å². The van der Waals surface area contributed by atoms with E-state index >= 15 is 0 Å². The molecule has 1 rings (SSSR count). The number of halogens is 2. The molecule has 4 nitrogen and oxygen atoms in total. The van der Waals surface area contributed by atoms with Gasteiger partial charge in [0.25, 0.3) is 0 Å². The number of carbonyl (C=O) groups is 1. The third-order valence-corrected chi connectivity index (χ3v) is 2.81. The Bertz CT molecular complexity index is 518. The number of ether oxygens (including phenoxy) is 1. The summed E-state index contributed by atoms with van der Waals surface area (Å²) in [6, 6.07) is 5.86. The molecule has 102 valence electrons. The van der Waals surface area contributed by atoms with Crippen molar-refractivity contribution in [2.75, 3.05) is 0 Å². The highest BCUT2D eigenvalue weighted by Crippen LogP contribution is 2.25. The Hall–Kier alpha value is -1.44. The van der Waals surface area contributed by atoms with Crippen LogP contribution in [0.15, 0.2) is 18.2 Å². The minimum absolute atomic E-state index is 0.324. The quantitative estimate of drug-likeness (QED) is 0.895. The van der Waals surface area contributed by atoms with Crippen LogP contribution in [0.5, 0.6) is 0 Å². The predicted molar refractivity (Wildman–Crippen MR) is 74.2 cm³/mol. The maximum Gasteiger partial charge on any atom is 0.408 e. The van der Waals surface area contributed by atoms with Gasteiger partial charge in [0.1, 0.15) is 11.6 Å². The highest BCUT2D eigenvalue weighted by atomic mass is 35.5. The summed E-state index contributed by atoms with van der Waals surface area (Å²) in [6.45, 7) is 5.23. The number of nitrogens with zero attached hydrogens (tertiary/aromatic N) is 1. The molecule has 0 saturated carbocycles. The molecule has 0 saturated heterocycles. The summed E-state index contributed by atoms with van der Waals surface area (Å²) in [4.78, 5) is 11.6. The van der Waals surface area contributed by atoms with Crippen LogP contribution in [-0.4, -0.2) is 11.7 Å². The second-order valence-corrected chi connectivity index (χ2v) is 5.70. The van der Waals surface area contributed by atoms with Gasteiger partial charge in [-0.2, -0.15) is 5.26 Å². The molecule has 1 unspecified atom stereocenters. The average molecular weight is 301 g/mol. The van der Waals surface area contributed by atoms with Crippen molar-refractivity contribution < 1.29 is 9.53 Å². The van der Waals surface area contributed by atoms with E-state index in [9.17, 15) is 4.79 Å². The molecule has 19 heavy (non-hydrogen) atoms. The van der Waals surface area contributed by atoms with E-state index < -0.39 is 17.7 Å². The molecular weight excluding hydrogens is 287 g/mol. The number of benzene rings is 1. The van der Waals surface area contributed by atoms with Crippen molar-refractivity contribution in [1.82, 2.24) is 5.32 Å². The molecule has 1 atom stereocenters. The third-order valence-electron chi connectivity index (χ3n) is 2.07. The fourth-order valence-corrected chi connectivity index (χ4v) is 1.61. The summed E-state index contributed by atoms with van der Waals surface area (Å²) in [5, 5.41) is 12.3. The van der Waals surface area contributed by atoms with Gasteiger partial charge in [0.2, 0.25) is 0 Å². The van der Waals surface area contributed by atoms with Crippen LogP contribution in [0.1, 0.15) is 32.4 Å². The van der Waals surface area contributed by atoms with E-state index in [0.717, 1.165) is 0 Å². The third kappa shape index (κ3) is 4.98. The van der Waals surface area contributed by atoms with Gasteiger partial charge in [0.05, 0.1) is 16.1 Å². The average Bonchev–Trinajstić information content (AvgIpc) is 2.27. The smallest absolute Gasteiger partial charge is 0.408 e. The lowest BCUT2D eigenvalue weighted by Crippen LogP contribution is -2.34. The monoisotopic (exact) mass is 300 g/mol. The Labute approximate surface area is 122 Å². The molecule has 0 radical (unpaired) electrons. The number of nitrogens with one attached hydrogen (secondary N) is 1. The first kappa shape index (κ1) is 15.6. The lowest BCUT2D eigenvalue weighted by atomic mass is 10.1. The summed E-state index contributed by atoms with van der Waals surface area (Å²) < 4.78 is 5.09. The van der Waals surface area contributed by atoms with Crippen molar-refractivity contribution in [3.63, 3.8) is 0 Å². The zero-order valence-electron chi connectivity index (χ0n) is 10.8. The first-order valence-corrected chi connectivity index (χ1v) is 6.32. The SMILES string of the molecule is CC(C)(C)OC(=O)NC(C#N)c1ccc(Cl)c(Cl)c1. The fourth-order valence-electron chi connectivity index (χ4n) is 1.31. The van der Waals surface area contributed by atoms with Gasteiger partial charge in [0.15, 0.2) is 0 Å². The van der Waals surface area contributed by atoms with Crippen molar-refractivity contribution in [3.8, 4) is 6.07 Å². The van der Waals surface area contributed by atoms with E-state index in [-0.39, 0.29) is 0 Å². The summed E-state index contributed by atoms with van der Waals surface area (Å²) in [5.41, 5.74) is -0.0791. The molecular formula is C13H14Cl2N2O2. The van der Waals surface area contributed by atoms with Crippen LogP contribution >= 0.6 is 23.2 Å². The number of carbonyl (C=O) groups excluding carboxylic acids is 1. The maximum absolute atomic E-state index is 11.6. The summed E-state index contributed by atoms with van der Waals surface area (Å²) in [5.74, 6) is 0. The van der Waals surface area contributed by atoms with Crippen LogP contribution in [0.3, 0.4) is 0 Å². The molecule has 0 fully saturated rings. The number of hydrogen-bond donors (Lipinski definition) is 1. The molecule has 0 aliphatic heterocycles. The van der Waals surface area contributed by atoms with E-state index in [1.807, 2.05) is 6.07 Å². The topological polar surface area (TPSA) is 62.1 Å². The molecule has 0 aromatic heterocycles. The Morgan fingerprint density at radius 2 is 2.00 bits per heavy atom. The number of rotatable bonds is 2. The van der Waals surface area contributed by atoms with E-state index in [2.05, 4.69) is 5.32 Å². The van der Waals surface area contributed by atoms with Gasteiger partial charge in [-0.1, -0.05) is 29.3 Å². The molecule has 0 aliphatic carbocycles. The lowest BCUT2D eigenvalue weighted by Gasteiger charge is -2.21. The number of amides is 1. The molecule has 1 amide bonds. The minimum atomic E-state index is -0.843. The summed E-state index contributed by atoms with van der Waals surface area (Å²) in [6.07, 6.45) is -0.662. The molecule has 1 aromatic rings. The van der Waals surface area contributed by atoms with Crippen molar-refractivity contribution in [3.05, 3.63) is 33.8 Å². The summed E-state index contributed by atoms with van der Waals surface area (Å²) in [7, 11) is 0. The Balaban J connectivity index is 2.82. The van der Waals surface area contributed by atoms with Crippen molar-refractivity contribution >= 4 is 29.3 Å². The molecule has 6 heteroatoms. The van der Waals surface area contributed by atoms with Gasteiger partial charge in [-0.05, 0) is 38.5 Å². The van der Waals surface area contributed by atoms with E-state index in [1.165, 1.54) is 6.07 Å². The fraction of sp³-hybridized carbons (Fsp3) is 0.385. The molecule has 0 heterocycles. The second kappa shape index (κ2) is 6.14. The molecule has 1 N–H and O–H groups in total. The standard InChI is InChI=1S/C13H14Cl2N2O2/c1-13(2,3)19-12(18)17-11(7-16)8-4-5-9(14)10(15)6-8/h4-6,11H,1-3H3,(H,17,18). The molecule has 0 bridgehead atoms. The second-order valence-electron chi connectivity index (χ2n) is 4.88. The van der Waals surface area contributed by atoms with Crippen molar-refractivity contribution in [2.45, 2.75) is 32.4 Å². The van der Waals surface area contributed by atoms with Gasteiger partial charge in [0, 0.05) is 0 Å². The predicted octanol–water partition coefficient (Wildman–Crippen LogP) is 4.08.